The third kappa shape index (κ3) is 5.63. The summed E-state index contributed by atoms with van der Waals surface area (Å²) in [7, 11) is 0. The molecule has 0 saturated carbocycles. The third-order valence-electron chi connectivity index (χ3n) is 3.35. The zero-order valence-corrected chi connectivity index (χ0v) is 12.8. The molecule has 0 fully saturated rings. The van der Waals surface area contributed by atoms with Gasteiger partial charge in [0, 0.05) is 11.1 Å². The van der Waals surface area contributed by atoms with E-state index in [4.69, 9.17) is 16.9 Å². The lowest BCUT2D eigenvalue weighted by molar-refractivity contribution is 0.418. The second-order valence-electron chi connectivity index (χ2n) is 5.65. The lowest BCUT2D eigenvalue weighted by atomic mass is 9.89. The molecule has 2 nitrogen and oxygen atoms in total. The largest absolute Gasteiger partial charge is 0.310 e. The van der Waals surface area contributed by atoms with Crippen LogP contribution in [0.25, 0.3) is 0 Å². The highest BCUT2D eigenvalue weighted by Gasteiger charge is 2.15. The molecule has 0 bridgehead atoms. The van der Waals surface area contributed by atoms with Gasteiger partial charge < -0.3 is 5.32 Å². The summed E-state index contributed by atoms with van der Waals surface area (Å²) in [6.45, 7) is 7.06. The molecule has 0 aliphatic rings. The van der Waals surface area contributed by atoms with E-state index in [1.54, 1.807) is 0 Å². The van der Waals surface area contributed by atoms with Crippen LogP contribution in [0.5, 0.6) is 0 Å². The first kappa shape index (κ1) is 16.0. The molecule has 0 aromatic heterocycles. The van der Waals surface area contributed by atoms with Crippen LogP contribution in [0.3, 0.4) is 0 Å². The SMILES string of the molecule is C[C@@H](NCCCCC(C)(C)C#N)c1ccccc1Cl. The molecule has 1 aromatic carbocycles. The Morgan fingerprint density at radius 1 is 1.32 bits per heavy atom. The van der Waals surface area contributed by atoms with Gasteiger partial charge in [-0.1, -0.05) is 36.2 Å². The van der Waals surface area contributed by atoms with Gasteiger partial charge in [-0.3, -0.25) is 0 Å². The summed E-state index contributed by atoms with van der Waals surface area (Å²) in [4.78, 5) is 0. The molecular weight excluding hydrogens is 256 g/mol. The van der Waals surface area contributed by atoms with Crippen molar-refractivity contribution in [1.82, 2.24) is 5.32 Å². The average Bonchev–Trinajstić information content (AvgIpc) is 2.38. The summed E-state index contributed by atoms with van der Waals surface area (Å²) in [6, 6.07) is 10.5. The molecule has 1 N–H and O–H groups in total. The quantitative estimate of drug-likeness (QED) is 0.733. The molecule has 1 atom stereocenters. The molecule has 0 radical (unpaired) electrons. The molecule has 0 heterocycles. The van der Waals surface area contributed by atoms with Crippen molar-refractivity contribution in [2.45, 2.75) is 46.1 Å². The summed E-state index contributed by atoms with van der Waals surface area (Å²) in [5, 5.41) is 13.2. The van der Waals surface area contributed by atoms with E-state index in [0.717, 1.165) is 36.4 Å². The number of benzene rings is 1. The maximum Gasteiger partial charge on any atom is 0.0683 e. The molecule has 3 heteroatoms. The minimum atomic E-state index is -0.200. The van der Waals surface area contributed by atoms with Gasteiger partial charge in [0.2, 0.25) is 0 Å². The number of hydrogen-bond donors (Lipinski definition) is 1. The predicted molar refractivity (Wildman–Crippen MR) is 81.1 cm³/mol. The Kier molecular flexibility index (Phi) is 6.34. The molecule has 0 unspecified atom stereocenters. The van der Waals surface area contributed by atoms with E-state index in [1.807, 2.05) is 32.0 Å². The van der Waals surface area contributed by atoms with Crippen LogP contribution in [0.1, 0.15) is 51.6 Å². The normalized spacial score (nSPS) is 13.0. The fourth-order valence-electron chi connectivity index (χ4n) is 2.00. The van der Waals surface area contributed by atoms with Crippen LogP contribution in [-0.4, -0.2) is 6.54 Å². The number of nitrogens with zero attached hydrogens (tertiary/aromatic N) is 1. The molecule has 0 spiro atoms. The lowest BCUT2D eigenvalue weighted by Gasteiger charge is -2.17. The Balaban J connectivity index is 2.27. The van der Waals surface area contributed by atoms with Crippen molar-refractivity contribution in [2.75, 3.05) is 6.54 Å². The molecule has 0 saturated heterocycles. The summed E-state index contributed by atoms with van der Waals surface area (Å²) in [5.41, 5.74) is 0.940. The van der Waals surface area contributed by atoms with Crippen LogP contribution in [-0.2, 0) is 0 Å². The van der Waals surface area contributed by atoms with Crippen molar-refractivity contribution in [2.24, 2.45) is 5.41 Å². The topological polar surface area (TPSA) is 35.8 Å². The first-order valence-electron chi connectivity index (χ1n) is 6.85. The van der Waals surface area contributed by atoms with E-state index in [0.29, 0.717) is 0 Å². The van der Waals surface area contributed by atoms with E-state index in [-0.39, 0.29) is 11.5 Å². The van der Waals surface area contributed by atoms with Gasteiger partial charge in [0.05, 0.1) is 11.5 Å². The average molecular weight is 279 g/mol. The van der Waals surface area contributed by atoms with E-state index in [1.165, 1.54) is 0 Å². The van der Waals surface area contributed by atoms with Crippen molar-refractivity contribution < 1.29 is 0 Å². The van der Waals surface area contributed by atoms with Crippen LogP contribution >= 0.6 is 11.6 Å². The summed E-state index contributed by atoms with van der Waals surface area (Å²) in [5.74, 6) is 0. The van der Waals surface area contributed by atoms with Gasteiger partial charge in [-0.2, -0.15) is 5.26 Å². The van der Waals surface area contributed by atoms with E-state index in [9.17, 15) is 0 Å². The minimum absolute atomic E-state index is 0.200. The van der Waals surface area contributed by atoms with E-state index >= 15 is 0 Å². The van der Waals surface area contributed by atoms with Gasteiger partial charge in [-0.25, -0.2) is 0 Å². The van der Waals surface area contributed by atoms with Gasteiger partial charge >= 0.3 is 0 Å². The number of hydrogen-bond acceptors (Lipinski definition) is 2. The van der Waals surface area contributed by atoms with Crippen molar-refractivity contribution in [3.05, 3.63) is 34.9 Å². The van der Waals surface area contributed by atoms with Gasteiger partial charge in [-0.15, -0.1) is 0 Å². The van der Waals surface area contributed by atoms with Crippen LogP contribution in [0, 0.1) is 16.7 Å². The van der Waals surface area contributed by atoms with E-state index < -0.39 is 0 Å². The monoisotopic (exact) mass is 278 g/mol. The molecule has 19 heavy (non-hydrogen) atoms. The van der Waals surface area contributed by atoms with Crippen molar-refractivity contribution in [3.8, 4) is 6.07 Å². The maximum atomic E-state index is 8.94. The number of rotatable bonds is 7. The Labute approximate surface area is 121 Å². The van der Waals surface area contributed by atoms with Gasteiger partial charge in [0.15, 0.2) is 0 Å². The molecule has 0 aliphatic heterocycles. The van der Waals surface area contributed by atoms with Crippen LogP contribution in [0.2, 0.25) is 5.02 Å². The zero-order valence-electron chi connectivity index (χ0n) is 12.0. The Hall–Kier alpha value is -1.04. The van der Waals surface area contributed by atoms with Crippen LogP contribution in [0.15, 0.2) is 24.3 Å². The molecule has 0 aliphatic carbocycles. The minimum Gasteiger partial charge on any atom is -0.310 e. The Morgan fingerprint density at radius 2 is 2.00 bits per heavy atom. The van der Waals surface area contributed by atoms with Gasteiger partial charge in [0.1, 0.15) is 0 Å². The summed E-state index contributed by atoms with van der Waals surface area (Å²) in [6.07, 6.45) is 3.11. The second-order valence-corrected chi connectivity index (χ2v) is 6.06. The lowest BCUT2D eigenvalue weighted by Crippen LogP contribution is -2.20. The fourth-order valence-corrected chi connectivity index (χ4v) is 2.30. The Bertz CT molecular complexity index is 435. The fraction of sp³-hybridized carbons (Fsp3) is 0.562. The van der Waals surface area contributed by atoms with Crippen LogP contribution in [0.4, 0.5) is 0 Å². The molecule has 1 aromatic rings. The molecular formula is C16H23ClN2. The van der Waals surface area contributed by atoms with E-state index in [2.05, 4.69) is 24.4 Å². The number of unbranched alkanes of at least 4 members (excludes halogenated alkanes) is 1. The number of nitrogens with one attached hydrogen (secondary N) is 1. The van der Waals surface area contributed by atoms with Crippen molar-refractivity contribution in [1.29, 1.82) is 5.26 Å². The standard InChI is InChI=1S/C16H23ClN2/c1-13(14-8-4-5-9-15(14)17)19-11-7-6-10-16(2,3)12-18/h4-5,8-9,13,19H,6-7,10-11H2,1-3H3/t13-/m1/s1. The predicted octanol–water partition coefficient (Wildman–Crippen LogP) is 4.71. The van der Waals surface area contributed by atoms with Crippen molar-refractivity contribution >= 4 is 11.6 Å². The van der Waals surface area contributed by atoms with Crippen LogP contribution < -0.4 is 5.32 Å². The highest BCUT2D eigenvalue weighted by molar-refractivity contribution is 6.31. The van der Waals surface area contributed by atoms with Crippen molar-refractivity contribution in [3.63, 3.8) is 0 Å². The third-order valence-corrected chi connectivity index (χ3v) is 3.70. The molecule has 104 valence electrons. The summed E-state index contributed by atoms with van der Waals surface area (Å²) < 4.78 is 0. The first-order valence-corrected chi connectivity index (χ1v) is 7.23. The van der Waals surface area contributed by atoms with Gasteiger partial charge in [-0.05, 0) is 51.8 Å². The highest BCUT2D eigenvalue weighted by atomic mass is 35.5. The molecule has 0 amide bonds. The Morgan fingerprint density at radius 3 is 2.63 bits per heavy atom. The first-order chi connectivity index (χ1) is 8.96. The summed E-state index contributed by atoms with van der Waals surface area (Å²) >= 11 is 6.16. The zero-order chi connectivity index (χ0) is 14.3. The second kappa shape index (κ2) is 7.53. The highest BCUT2D eigenvalue weighted by Crippen LogP contribution is 2.23. The number of nitriles is 1. The maximum absolute atomic E-state index is 8.94. The number of halogens is 1. The smallest absolute Gasteiger partial charge is 0.0683 e. The molecule has 1 rings (SSSR count). The van der Waals surface area contributed by atoms with Gasteiger partial charge in [0.25, 0.3) is 0 Å².